The van der Waals surface area contributed by atoms with E-state index in [-0.39, 0.29) is 0 Å². The molecule has 1 nitrogen and oxygen atoms in total. The van der Waals surface area contributed by atoms with Crippen molar-refractivity contribution in [2.45, 2.75) is 0 Å². The summed E-state index contributed by atoms with van der Waals surface area (Å²) in [6.45, 7) is 0. The number of halogens is 1. The normalized spacial score (nSPS) is 11.3. The third kappa shape index (κ3) is 2.38. The predicted molar refractivity (Wildman–Crippen MR) is 114 cm³/mol. The Labute approximate surface area is 160 Å². The molecule has 0 bridgehead atoms. The zero-order chi connectivity index (χ0) is 17.5. The van der Waals surface area contributed by atoms with Crippen LogP contribution in [0.15, 0.2) is 102 Å². The van der Waals surface area contributed by atoms with Crippen molar-refractivity contribution in [2.24, 2.45) is 0 Å². The molecule has 0 aliphatic rings. The van der Waals surface area contributed by atoms with Gasteiger partial charge in [-0.2, -0.15) is 0 Å². The molecule has 0 spiro atoms. The van der Waals surface area contributed by atoms with Gasteiger partial charge in [0.05, 0.1) is 11.0 Å². The van der Waals surface area contributed by atoms with E-state index in [0.717, 1.165) is 4.47 Å². The largest absolute Gasteiger partial charge is 0.309 e. The summed E-state index contributed by atoms with van der Waals surface area (Å²) in [5, 5.41) is 2.54. The average molecular weight is 398 g/mol. The quantitative estimate of drug-likeness (QED) is 0.296. The van der Waals surface area contributed by atoms with Crippen LogP contribution < -0.4 is 0 Å². The molecule has 0 atom stereocenters. The third-order valence-electron chi connectivity index (χ3n) is 4.86. The molecule has 1 aromatic heterocycles. The third-order valence-corrected chi connectivity index (χ3v) is 5.52. The minimum Gasteiger partial charge on any atom is -0.309 e. The SMILES string of the molecule is Brc1cc2c(cc1-c1ccccc1)c1ccccc1n2-c1ccccc1. The van der Waals surface area contributed by atoms with Crippen LogP contribution in [-0.2, 0) is 0 Å². The first kappa shape index (κ1) is 15.4. The van der Waals surface area contributed by atoms with Crippen molar-refractivity contribution in [3.63, 3.8) is 0 Å². The number of benzene rings is 4. The molecule has 0 fully saturated rings. The van der Waals surface area contributed by atoms with Gasteiger partial charge in [0.25, 0.3) is 0 Å². The molecule has 0 saturated heterocycles. The Morgan fingerprint density at radius 3 is 2.00 bits per heavy atom. The van der Waals surface area contributed by atoms with E-state index < -0.39 is 0 Å². The van der Waals surface area contributed by atoms with E-state index in [2.05, 4.69) is 118 Å². The molecule has 2 heteroatoms. The first-order chi connectivity index (χ1) is 12.8. The van der Waals surface area contributed by atoms with Gasteiger partial charge in [0.1, 0.15) is 0 Å². The van der Waals surface area contributed by atoms with Crippen LogP contribution in [0.4, 0.5) is 0 Å². The fourth-order valence-electron chi connectivity index (χ4n) is 3.68. The summed E-state index contributed by atoms with van der Waals surface area (Å²) >= 11 is 3.80. The lowest BCUT2D eigenvalue weighted by Crippen LogP contribution is -1.93. The second-order valence-corrected chi connectivity index (χ2v) is 7.26. The highest BCUT2D eigenvalue weighted by molar-refractivity contribution is 9.10. The van der Waals surface area contributed by atoms with Gasteiger partial charge in [-0.25, -0.2) is 0 Å². The summed E-state index contributed by atoms with van der Waals surface area (Å²) in [7, 11) is 0. The van der Waals surface area contributed by atoms with Crippen molar-refractivity contribution in [1.82, 2.24) is 4.57 Å². The maximum absolute atomic E-state index is 3.80. The van der Waals surface area contributed by atoms with Gasteiger partial charge in [0, 0.05) is 20.9 Å². The summed E-state index contributed by atoms with van der Waals surface area (Å²) in [6.07, 6.45) is 0. The summed E-state index contributed by atoms with van der Waals surface area (Å²) in [4.78, 5) is 0. The zero-order valence-corrected chi connectivity index (χ0v) is 15.6. The number of fused-ring (bicyclic) bond motifs is 3. The summed E-state index contributed by atoms with van der Waals surface area (Å²) < 4.78 is 3.45. The van der Waals surface area contributed by atoms with E-state index in [9.17, 15) is 0 Å². The molecule has 0 aliphatic heterocycles. The standard InChI is InChI=1S/C24H16BrN/c25-22-16-24-21(15-20(22)17-9-3-1-4-10-17)19-13-7-8-14-23(19)26(24)18-11-5-2-6-12-18/h1-16H. The molecule has 5 rings (SSSR count). The lowest BCUT2D eigenvalue weighted by molar-refractivity contribution is 1.18. The minimum atomic E-state index is 1.11. The predicted octanol–water partition coefficient (Wildman–Crippen LogP) is 7.21. The Balaban J connectivity index is 1.90. The number of aromatic nitrogens is 1. The molecule has 0 unspecified atom stereocenters. The van der Waals surface area contributed by atoms with Crippen LogP contribution in [0, 0.1) is 0 Å². The van der Waals surface area contributed by atoms with Gasteiger partial charge in [0.15, 0.2) is 0 Å². The van der Waals surface area contributed by atoms with E-state index in [4.69, 9.17) is 0 Å². The van der Waals surface area contributed by atoms with Crippen molar-refractivity contribution in [3.8, 4) is 16.8 Å². The Bertz CT molecular complexity index is 1220. The Morgan fingerprint density at radius 1 is 0.577 bits per heavy atom. The highest BCUT2D eigenvalue weighted by Crippen LogP contribution is 2.38. The van der Waals surface area contributed by atoms with Crippen molar-refractivity contribution in [3.05, 3.63) is 102 Å². The van der Waals surface area contributed by atoms with Gasteiger partial charge in [0.2, 0.25) is 0 Å². The molecular formula is C24H16BrN. The number of nitrogens with zero attached hydrogens (tertiary/aromatic N) is 1. The minimum absolute atomic E-state index is 1.11. The molecule has 5 aromatic rings. The molecule has 0 amide bonds. The molecule has 0 saturated carbocycles. The molecular weight excluding hydrogens is 382 g/mol. The van der Waals surface area contributed by atoms with Crippen molar-refractivity contribution >= 4 is 37.7 Å². The van der Waals surface area contributed by atoms with Crippen molar-refractivity contribution in [1.29, 1.82) is 0 Å². The lowest BCUT2D eigenvalue weighted by atomic mass is 10.0. The van der Waals surface area contributed by atoms with E-state index in [1.165, 1.54) is 38.6 Å². The summed E-state index contributed by atoms with van der Waals surface area (Å²) in [5.74, 6) is 0. The monoisotopic (exact) mass is 397 g/mol. The van der Waals surface area contributed by atoms with Gasteiger partial charge >= 0.3 is 0 Å². The Kier molecular flexibility index (Phi) is 3.65. The molecule has 1 heterocycles. The topological polar surface area (TPSA) is 4.93 Å². The van der Waals surface area contributed by atoms with Crippen LogP contribution in [0.25, 0.3) is 38.6 Å². The van der Waals surface area contributed by atoms with E-state index in [1.54, 1.807) is 0 Å². The maximum atomic E-state index is 3.80. The van der Waals surface area contributed by atoms with Crippen molar-refractivity contribution in [2.75, 3.05) is 0 Å². The average Bonchev–Trinajstić information content (AvgIpc) is 3.02. The smallest absolute Gasteiger partial charge is 0.0552 e. The number of hydrogen-bond acceptors (Lipinski definition) is 0. The van der Waals surface area contributed by atoms with Crippen LogP contribution >= 0.6 is 15.9 Å². The van der Waals surface area contributed by atoms with Gasteiger partial charge in [-0.3, -0.25) is 0 Å². The summed E-state index contributed by atoms with van der Waals surface area (Å²) in [6, 6.07) is 34.2. The molecule has 0 radical (unpaired) electrons. The molecule has 26 heavy (non-hydrogen) atoms. The first-order valence-electron chi connectivity index (χ1n) is 8.66. The Morgan fingerprint density at radius 2 is 1.23 bits per heavy atom. The van der Waals surface area contributed by atoms with Crippen LogP contribution in [0.2, 0.25) is 0 Å². The zero-order valence-electron chi connectivity index (χ0n) is 14.1. The number of hydrogen-bond donors (Lipinski definition) is 0. The van der Waals surface area contributed by atoms with Crippen LogP contribution in [0.1, 0.15) is 0 Å². The fraction of sp³-hybridized carbons (Fsp3) is 0. The number of rotatable bonds is 2. The summed E-state index contributed by atoms with van der Waals surface area (Å²) in [5.41, 5.74) is 6.06. The van der Waals surface area contributed by atoms with E-state index in [0.29, 0.717) is 0 Å². The number of para-hydroxylation sites is 2. The molecule has 4 aromatic carbocycles. The van der Waals surface area contributed by atoms with Gasteiger partial charge < -0.3 is 4.57 Å². The first-order valence-corrected chi connectivity index (χ1v) is 9.46. The second-order valence-electron chi connectivity index (χ2n) is 6.40. The molecule has 0 N–H and O–H groups in total. The van der Waals surface area contributed by atoms with Crippen LogP contribution in [-0.4, -0.2) is 4.57 Å². The molecule has 124 valence electrons. The van der Waals surface area contributed by atoms with Gasteiger partial charge in [-0.1, -0.05) is 82.7 Å². The lowest BCUT2D eigenvalue weighted by Gasteiger charge is -2.09. The fourth-order valence-corrected chi connectivity index (χ4v) is 4.24. The maximum Gasteiger partial charge on any atom is 0.0552 e. The molecule has 0 aliphatic carbocycles. The van der Waals surface area contributed by atoms with Crippen LogP contribution in [0.5, 0.6) is 0 Å². The van der Waals surface area contributed by atoms with E-state index in [1.807, 2.05) is 0 Å². The van der Waals surface area contributed by atoms with E-state index >= 15 is 0 Å². The highest BCUT2D eigenvalue weighted by Gasteiger charge is 2.14. The second kappa shape index (κ2) is 6.15. The van der Waals surface area contributed by atoms with Gasteiger partial charge in [-0.15, -0.1) is 0 Å². The Hall–Kier alpha value is -2.84. The highest BCUT2D eigenvalue weighted by atomic mass is 79.9. The van der Waals surface area contributed by atoms with Crippen molar-refractivity contribution < 1.29 is 0 Å². The van der Waals surface area contributed by atoms with Gasteiger partial charge in [-0.05, 0) is 41.5 Å². The van der Waals surface area contributed by atoms with Crippen LogP contribution in [0.3, 0.4) is 0 Å².